The standard InChI is InChI=1S/C23H22ClF2NO2/c1-28-22-4-2-3-17(14-27-12-11-16-5-8-19(25)9-6-16)23(22)29-15-18-7-10-20(26)13-21(18)24/h2-10,13,27H,11-12,14-15H2,1H3. The molecule has 0 aliphatic carbocycles. The van der Waals surface area contributed by atoms with Gasteiger partial charge in [0.15, 0.2) is 11.5 Å². The van der Waals surface area contributed by atoms with Crippen molar-refractivity contribution < 1.29 is 18.3 Å². The fourth-order valence-corrected chi connectivity index (χ4v) is 3.14. The molecule has 0 unspecified atom stereocenters. The van der Waals surface area contributed by atoms with E-state index in [2.05, 4.69) is 5.32 Å². The van der Waals surface area contributed by atoms with E-state index in [0.717, 1.165) is 24.1 Å². The van der Waals surface area contributed by atoms with Crippen LogP contribution in [0.2, 0.25) is 5.02 Å². The van der Waals surface area contributed by atoms with Gasteiger partial charge in [0.2, 0.25) is 0 Å². The van der Waals surface area contributed by atoms with E-state index in [1.807, 2.05) is 18.2 Å². The molecule has 29 heavy (non-hydrogen) atoms. The highest BCUT2D eigenvalue weighted by atomic mass is 35.5. The Hall–Kier alpha value is -2.63. The van der Waals surface area contributed by atoms with Gasteiger partial charge in [0.1, 0.15) is 18.2 Å². The Morgan fingerprint density at radius 2 is 1.69 bits per heavy atom. The Morgan fingerprint density at radius 1 is 0.931 bits per heavy atom. The first-order valence-corrected chi connectivity index (χ1v) is 9.62. The quantitative estimate of drug-likeness (QED) is 0.464. The average molecular weight is 418 g/mol. The molecule has 0 atom stereocenters. The number of rotatable bonds is 9. The van der Waals surface area contributed by atoms with E-state index < -0.39 is 0 Å². The molecule has 0 amide bonds. The molecule has 0 aromatic heterocycles. The lowest BCUT2D eigenvalue weighted by atomic mass is 10.1. The van der Waals surface area contributed by atoms with E-state index in [9.17, 15) is 8.78 Å². The molecule has 1 N–H and O–H groups in total. The lowest BCUT2D eigenvalue weighted by Gasteiger charge is -2.16. The van der Waals surface area contributed by atoms with E-state index in [0.29, 0.717) is 28.6 Å². The minimum atomic E-state index is -0.387. The average Bonchev–Trinajstić information content (AvgIpc) is 2.72. The number of ether oxygens (including phenoxy) is 2. The van der Waals surface area contributed by atoms with Crippen molar-refractivity contribution in [3.8, 4) is 11.5 Å². The molecule has 0 spiro atoms. The van der Waals surface area contributed by atoms with Gasteiger partial charge in [-0.05, 0) is 48.9 Å². The van der Waals surface area contributed by atoms with Crippen molar-refractivity contribution >= 4 is 11.6 Å². The molecule has 152 valence electrons. The van der Waals surface area contributed by atoms with Crippen LogP contribution in [0, 0.1) is 11.6 Å². The first-order chi connectivity index (χ1) is 14.1. The molecule has 0 radical (unpaired) electrons. The summed E-state index contributed by atoms with van der Waals surface area (Å²) in [5.41, 5.74) is 2.68. The fourth-order valence-electron chi connectivity index (χ4n) is 2.92. The van der Waals surface area contributed by atoms with Gasteiger partial charge in [0.25, 0.3) is 0 Å². The van der Waals surface area contributed by atoms with Crippen LogP contribution in [0.1, 0.15) is 16.7 Å². The molecular formula is C23H22ClF2NO2. The number of methoxy groups -OCH3 is 1. The number of hydrogen-bond donors (Lipinski definition) is 1. The third kappa shape index (κ3) is 5.92. The summed E-state index contributed by atoms with van der Waals surface area (Å²) in [6.45, 7) is 1.50. The Bertz CT molecular complexity index is 948. The van der Waals surface area contributed by atoms with Gasteiger partial charge in [0, 0.05) is 17.7 Å². The van der Waals surface area contributed by atoms with Gasteiger partial charge < -0.3 is 14.8 Å². The zero-order chi connectivity index (χ0) is 20.6. The highest BCUT2D eigenvalue weighted by molar-refractivity contribution is 6.31. The molecule has 0 aliphatic rings. The lowest BCUT2D eigenvalue weighted by Crippen LogP contribution is -2.17. The predicted octanol–water partition coefficient (Wildman–Crippen LogP) is 5.54. The van der Waals surface area contributed by atoms with Gasteiger partial charge in [0.05, 0.1) is 12.1 Å². The van der Waals surface area contributed by atoms with Crippen LogP contribution in [-0.4, -0.2) is 13.7 Å². The van der Waals surface area contributed by atoms with Crippen molar-refractivity contribution in [2.45, 2.75) is 19.6 Å². The smallest absolute Gasteiger partial charge is 0.166 e. The molecule has 0 saturated carbocycles. The molecular weight excluding hydrogens is 396 g/mol. The predicted molar refractivity (Wildman–Crippen MR) is 111 cm³/mol. The van der Waals surface area contributed by atoms with E-state index >= 15 is 0 Å². The molecule has 3 aromatic carbocycles. The van der Waals surface area contributed by atoms with Gasteiger partial charge in [-0.1, -0.05) is 41.9 Å². The number of nitrogens with one attached hydrogen (secondary N) is 1. The number of para-hydroxylation sites is 1. The summed E-state index contributed by atoms with van der Waals surface area (Å²) >= 11 is 6.09. The van der Waals surface area contributed by atoms with E-state index in [1.54, 1.807) is 25.3 Å². The van der Waals surface area contributed by atoms with E-state index in [1.165, 1.54) is 24.3 Å². The van der Waals surface area contributed by atoms with Crippen LogP contribution >= 0.6 is 11.6 Å². The Morgan fingerprint density at radius 3 is 2.41 bits per heavy atom. The maximum absolute atomic E-state index is 13.2. The second-order valence-corrected chi connectivity index (χ2v) is 6.93. The Labute approximate surface area is 174 Å². The van der Waals surface area contributed by atoms with Gasteiger partial charge in [-0.3, -0.25) is 0 Å². The zero-order valence-corrected chi connectivity index (χ0v) is 16.8. The monoisotopic (exact) mass is 417 g/mol. The van der Waals surface area contributed by atoms with Crippen LogP contribution < -0.4 is 14.8 Å². The fraction of sp³-hybridized carbons (Fsp3) is 0.217. The van der Waals surface area contributed by atoms with Gasteiger partial charge >= 0.3 is 0 Å². The van der Waals surface area contributed by atoms with Crippen LogP contribution in [0.4, 0.5) is 8.78 Å². The second kappa shape index (κ2) is 10.2. The van der Waals surface area contributed by atoms with Crippen LogP contribution in [0.3, 0.4) is 0 Å². The maximum atomic E-state index is 13.2. The van der Waals surface area contributed by atoms with Crippen LogP contribution in [-0.2, 0) is 19.6 Å². The molecule has 0 heterocycles. The van der Waals surface area contributed by atoms with Crippen molar-refractivity contribution in [1.29, 1.82) is 0 Å². The number of hydrogen-bond acceptors (Lipinski definition) is 3. The highest BCUT2D eigenvalue weighted by Gasteiger charge is 2.12. The Balaban J connectivity index is 1.63. The highest BCUT2D eigenvalue weighted by Crippen LogP contribution is 2.32. The van der Waals surface area contributed by atoms with Crippen LogP contribution in [0.15, 0.2) is 60.7 Å². The summed E-state index contributed by atoms with van der Waals surface area (Å²) in [6, 6.07) is 16.4. The molecule has 6 heteroatoms. The van der Waals surface area contributed by atoms with Crippen molar-refractivity contribution in [1.82, 2.24) is 5.32 Å². The summed E-state index contributed by atoms with van der Waals surface area (Å²) in [5, 5.41) is 3.69. The third-order valence-corrected chi connectivity index (χ3v) is 4.84. The summed E-state index contributed by atoms with van der Waals surface area (Å²) in [5.74, 6) is 0.606. The minimum absolute atomic E-state index is 0.196. The molecule has 0 saturated heterocycles. The van der Waals surface area contributed by atoms with E-state index in [-0.39, 0.29) is 18.2 Å². The van der Waals surface area contributed by atoms with Crippen LogP contribution in [0.25, 0.3) is 0 Å². The van der Waals surface area contributed by atoms with Crippen molar-refractivity contribution in [2.75, 3.05) is 13.7 Å². The topological polar surface area (TPSA) is 30.5 Å². The molecule has 3 aromatic rings. The Kier molecular flexibility index (Phi) is 7.44. The summed E-state index contributed by atoms with van der Waals surface area (Å²) < 4.78 is 37.6. The van der Waals surface area contributed by atoms with Crippen LogP contribution in [0.5, 0.6) is 11.5 Å². The molecule has 0 fully saturated rings. The first-order valence-electron chi connectivity index (χ1n) is 9.24. The molecule has 3 nitrogen and oxygen atoms in total. The van der Waals surface area contributed by atoms with Crippen molar-refractivity contribution in [3.63, 3.8) is 0 Å². The summed E-state index contributed by atoms with van der Waals surface area (Å²) in [4.78, 5) is 0. The normalized spacial score (nSPS) is 10.8. The summed E-state index contributed by atoms with van der Waals surface area (Å²) in [7, 11) is 1.58. The largest absolute Gasteiger partial charge is 0.493 e. The van der Waals surface area contributed by atoms with Crippen molar-refractivity contribution in [3.05, 3.63) is 94.0 Å². The third-order valence-electron chi connectivity index (χ3n) is 4.49. The zero-order valence-electron chi connectivity index (χ0n) is 16.1. The van der Waals surface area contributed by atoms with Gasteiger partial charge in [-0.25, -0.2) is 8.78 Å². The number of benzene rings is 3. The molecule has 0 aliphatic heterocycles. The maximum Gasteiger partial charge on any atom is 0.166 e. The molecule has 0 bridgehead atoms. The second-order valence-electron chi connectivity index (χ2n) is 6.53. The molecule has 3 rings (SSSR count). The first kappa shape index (κ1) is 21.1. The number of halogens is 3. The summed E-state index contributed by atoms with van der Waals surface area (Å²) in [6.07, 6.45) is 0.783. The SMILES string of the molecule is COc1cccc(CNCCc2ccc(F)cc2)c1OCc1ccc(F)cc1Cl. The van der Waals surface area contributed by atoms with Gasteiger partial charge in [-0.15, -0.1) is 0 Å². The lowest BCUT2D eigenvalue weighted by molar-refractivity contribution is 0.280. The van der Waals surface area contributed by atoms with Crippen molar-refractivity contribution in [2.24, 2.45) is 0 Å². The van der Waals surface area contributed by atoms with E-state index in [4.69, 9.17) is 21.1 Å². The minimum Gasteiger partial charge on any atom is -0.493 e. The van der Waals surface area contributed by atoms with Gasteiger partial charge in [-0.2, -0.15) is 0 Å².